The third-order valence-electron chi connectivity index (χ3n) is 6.00. The van der Waals surface area contributed by atoms with Crippen molar-refractivity contribution in [2.24, 2.45) is 0 Å². The number of pyridine rings is 1. The molecule has 0 radical (unpaired) electrons. The molecule has 1 atom stereocenters. The molecule has 172 valence electrons. The molecule has 1 amide bonds. The SMILES string of the molecule is CCN1CNc2ncnc(NC(C)c3cc4cccc(Cl)c4c(=O)n3-c3ccccc3)c2C1=O. The lowest BCUT2D eigenvalue weighted by Crippen LogP contribution is -2.40. The van der Waals surface area contributed by atoms with E-state index in [1.165, 1.54) is 6.33 Å². The first kappa shape index (κ1) is 21.9. The number of nitrogens with one attached hydrogen (secondary N) is 2. The van der Waals surface area contributed by atoms with Gasteiger partial charge in [-0.05, 0) is 43.5 Å². The minimum atomic E-state index is -0.375. The first-order valence-electron chi connectivity index (χ1n) is 11.0. The molecule has 34 heavy (non-hydrogen) atoms. The zero-order chi connectivity index (χ0) is 23.8. The maximum absolute atomic E-state index is 13.6. The molecule has 8 nitrogen and oxygen atoms in total. The summed E-state index contributed by atoms with van der Waals surface area (Å²) in [6, 6.07) is 16.4. The van der Waals surface area contributed by atoms with Gasteiger partial charge in [-0.2, -0.15) is 0 Å². The number of aromatic nitrogens is 3. The highest BCUT2D eigenvalue weighted by molar-refractivity contribution is 6.35. The summed E-state index contributed by atoms with van der Waals surface area (Å²) in [7, 11) is 0. The average molecular weight is 475 g/mol. The first-order chi connectivity index (χ1) is 16.5. The van der Waals surface area contributed by atoms with Crippen LogP contribution in [0.4, 0.5) is 11.6 Å². The second-order valence-corrected chi connectivity index (χ2v) is 8.46. The molecular formula is C25H23ClN6O2. The molecule has 4 aromatic rings. The summed E-state index contributed by atoms with van der Waals surface area (Å²) in [4.78, 5) is 37.0. The highest BCUT2D eigenvalue weighted by Gasteiger charge is 2.29. The lowest BCUT2D eigenvalue weighted by atomic mass is 10.1. The Morgan fingerprint density at radius 2 is 1.91 bits per heavy atom. The zero-order valence-electron chi connectivity index (χ0n) is 18.7. The van der Waals surface area contributed by atoms with Gasteiger partial charge >= 0.3 is 0 Å². The van der Waals surface area contributed by atoms with Crippen LogP contribution in [0, 0.1) is 0 Å². The third kappa shape index (κ3) is 3.66. The van der Waals surface area contributed by atoms with Crippen LogP contribution in [0.1, 0.15) is 35.9 Å². The molecule has 0 saturated carbocycles. The Kier molecular flexibility index (Phi) is 5.67. The Bertz CT molecular complexity index is 1450. The highest BCUT2D eigenvalue weighted by Crippen LogP contribution is 2.30. The van der Waals surface area contributed by atoms with Crippen LogP contribution in [-0.2, 0) is 0 Å². The van der Waals surface area contributed by atoms with E-state index in [0.717, 1.165) is 11.1 Å². The molecule has 2 N–H and O–H groups in total. The number of nitrogens with zero attached hydrogens (tertiary/aromatic N) is 4. The molecule has 0 aliphatic carbocycles. The predicted octanol–water partition coefficient (Wildman–Crippen LogP) is 4.45. The molecule has 1 aliphatic rings. The second kappa shape index (κ2) is 8.79. The first-order valence-corrected chi connectivity index (χ1v) is 11.4. The highest BCUT2D eigenvalue weighted by atomic mass is 35.5. The lowest BCUT2D eigenvalue weighted by molar-refractivity contribution is 0.0766. The van der Waals surface area contributed by atoms with E-state index in [1.807, 2.05) is 62.4 Å². The van der Waals surface area contributed by atoms with Gasteiger partial charge in [0.25, 0.3) is 11.5 Å². The molecule has 5 rings (SSSR count). The number of benzene rings is 2. The summed E-state index contributed by atoms with van der Waals surface area (Å²) in [6.45, 7) is 4.81. The fourth-order valence-electron chi connectivity index (χ4n) is 4.27. The van der Waals surface area contributed by atoms with Crippen LogP contribution in [0.2, 0.25) is 5.02 Å². The Morgan fingerprint density at radius 1 is 1.12 bits per heavy atom. The van der Waals surface area contributed by atoms with Gasteiger partial charge in [0.2, 0.25) is 0 Å². The summed E-state index contributed by atoms with van der Waals surface area (Å²) in [5.41, 5.74) is 1.61. The summed E-state index contributed by atoms with van der Waals surface area (Å²) < 4.78 is 1.65. The van der Waals surface area contributed by atoms with Crippen LogP contribution >= 0.6 is 11.6 Å². The van der Waals surface area contributed by atoms with E-state index in [0.29, 0.717) is 46.5 Å². The number of anilines is 2. The molecule has 2 aromatic carbocycles. The largest absolute Gasteiger partial charge is 0.361 e. The van der Waals surface area contributed by atoms with Gasteiger partial charge in [-0.1, -0.05) is 41.9 Å². The molecular weight excluding hydrogens is 452 g/mol. The van der Waals surface area contributed by atoms with Crippen molar-refractivity contribution in [1.29, 1.82) is 0 Å². The number of fused-ring (bicyclic) bond motifs is 2. The molecule has 9 heteroatoms. The van der Waals surface area contributed by atoms with Gasteiger partial charge in [-0.3, -0.25) is 14.2 Å². The molecule has 0 saturated heterocycles. The summed E-state index contributed by atoms with van der Waals surface area (Å²) >= 11 is 6.41. The van der Waals surface area contributed by atoms with Crippen LogP contribution in [0.3, 0.4) is 0 Å². The zero-order valence-corrected chi connectivity index (χ0v) is 19.5. The van der Waals surface area contributed by atoms with Gasteiger partial charge in [0.05, 0.1) is 23.1 Å². The summed E-state index contributed by atoms with van der Waals surface area (Å²) in [6.07, 6.45) is 1.42. The molecule has 1 unspecified atom stereocenters. The van der Waals surface area contributed by atoms with E-state index in [-0.39, 0.29) is 17.5 Å². The predicted molar refractivity (Wildman–Crippen MR) is 134 cm³/mol. The number of rotatable bonds is 5. The normalized spacial score (nSPS) is 14.0. The number of halogens is 1. The van der Waals surface area contributed by atoms with E-state index in [2.05, 4.69) is 20.6 Å². The fourth-order valence-corrected chi connectivity index (χ4v) is 4.53. The van der Waals surface area contributed by atoms with Gasteiger partial charge in [0, 0.05) is 17.9 Å². The number of hydrogen-bond acceptors (Lipinski definition) is 6. The number of hydrogen-bond donors (Lipinski definition) is 2. The molecule has 1 aliphatic heterocycles. The number of carbonyl (C=O) groups excluding carboxylic acids is 1. The Balaban J connectivity index is 1.65. The lowest BCUT2D eigenvalue weighted by Gasteiger charge is -2.29. The van der Waals surface area contributed by atoms with Crippen molar-refractivity contribution in [3.63, 3.8) is 0 Å². The average Bonchev–Trinajstić information content (AvgIpc) is 2.84. The van der Waals surface area contributed by atoms with Gasteiger partial charge in [0.15, 0.2) is 0 Å². The standard InChI is InChI=1S/C25H23ClN6O2/c1-3-31-14-29-22-21(24(31)33)23(28-13-27-22)30-15(2)19-12-16-8-7-11-18(26)20(16)25(34)32(19)17-9-5-4-6-10-17/h4-13,15H,3,14H2,1-2H3,(H2,27,28,29,30). The van der Waals surface area contributed by atoms with Crippen molar-refractivity contribution in [3.05, 3.63) is 87.6 Å². The summed E-state index contributed by atoms with van der Waals surface area (Å²) in [5.74, 6) is 0.758. The van der Waals surface area contributed by atoms with Crippen LogP contribution in [0.5, 0.6) is 0 Å². The van der Waals surface area contributed by atoms with Crippen LogP contribution in [-0.4, -0.2) is 38.6 Å². The monoisotopic (exact) mass is 474 g/mol. The van der Waals surface area contributed by atoms with E-state index >= 15 is 0 Å². The van der Waals surface area contributed by atoms with Gasteiger partial charge in [-0.25, -0.2) is 9.97 Å². The quantitative estimate of drug-likeness (QED) is 0.444. The third-order valence-corrected chi connectivity index (χ3v) is 6.32. The van der Waals surface area contributed by atoms with Crippen LogP contribution in [0.25, 0.3) is 16.5 Å². The number of amides is 1. The van der Waals surface area contributed by atoms with E-state index in [4.69, 9.17) is 11.6 Å². The second-order valence-electron chi connectivity index (χ2n) is 8.06. The van der Waals surface area contributed by atoms with E-state index < -0.39 is 0 Å². The fraction of sp³-hybridized carbons (Fsp3) is 0.200. The van der Waals surface area contributed by atoms with E-state index in [9.17, 15) is 9.59 Å². The minimum absolute atomic E-state index is 0.141. The summed E-state index contributed by atoms with van der Waals surface area (Å²) in [5, 5.41) is 8.12. The molecule has 0 fully saturated rings. The van der Waals surface area contributed by atoms with Crippen LogP contribution < -0.4 is 16.2 Å². The van der Waals surface area contributed by atoms with Gasteiger partial charge < -0.3 is 15.5 Å². The smallest absolute Gasteiger partial charge is 0.264 e. The molecule has 2 aromatic heterocycles. The van der Waals surface area contributed by atoms with Crippen molar-refractivity contribution < 1.29 is 4.79 Å². The molecule has 0 bridgehead atoms. The van der Waals surface area contributed by atoms with Crippen molar-refractivity contribution in [3.8, 4) is 5.69 Å². The topological polar surface area (TPSA) is 92.2 Å². The van der Waals surface area contributed by atoms with E-state index in [1.54, 1.807) is 15.5 Å². The van der Waals surface area contributed by atoms with Crippen molar-refractivity contribution in [2.75, 3.05) is 23.8 Å². The maximum Gasteiger partial charge on any atom is 0.264 e. The van der Waals surface area contributed by atoms with Crippen molar-refractivity contribution in [1.82, 2.24) is 19.4 Å². The Hall–Kier alpha value is -3.91. The number of para-hydroxylation sites is 1. The molecule has 0 spiro atoms. The van der Waals surface area contributed by atoms with Gasteiger partial charge in [-0.15, -0.1) is 0 Å². The van der Waals surface area contributed by atoms with Gasteiger partial charge in [0.1, 0.15) is 23.5 Å². The maximum atomic E-state index is 13.6. The Morgan fingerprint density at radius 3 is 2.68 bits per heavy atom. The Labute approximate surface area is 201 Å². The van der Waals surface area contributed by atoms with Crippen molar-refractivity contribution >= 4 is 39.9 Å². The molecule has 3 heterocycles. The minimum Gasteiger partial charge on any atom is -0.361 e. The van der Waals surface area contributed by atoms with Crippen LogP contribution in [0.15, 0.2) is 65.7 Å². The number of carbonyl (C=O) groups is 1. The van der Waals surface area contributed by atoms with Crippen molar-refractivity contribution in [2.45, 2.75) is 19.9 Å².